The van der Waals surface area contributed by atoms with Crippen LogP contribution >= 0.6 is 24.0 Å². The van der Waals surface area contributed by atoms with E-state index in [0.29, 0.717) is 6.54 Å². The molecule has 0 aliphatic carbocycles. The van der Waals surface area contributed by atoms with Gasteiger partial charge >= 0.3 is 0 Å². The SMILES string of the molecule is CCCCNC(=NCC(O)c1cccc(OC)c1)NCC.I. The van der Waals surface area contributed by atoms with Gasteiger partial charge in [-0.05, 0) is 31.0 Å². The van der Waals surface area contributed by atoms with Crippen molar-refractivity contribution < 1.29 is 9.84 Å². The smallest absolute Gasteiger partial charge is 0.191 e. The monoisotopic (exact) mass is 421 g/mol. The quantitative estimate of drug-likeness (QED) is 0.261. The minimum absolute atomic E-state index is 0. The van der Waals surface area contributed by atoms with E-state index in [9.17, 15) is 5.11 Å². The van der Waals surface area contributed by atoms with Crippen molar-refractivity contribution in [3.05, 3.63) is 29.8 Å². The second-order valence-electron chi connectivity index (χ2n) is 4.79. The second kappa shape index (κ2) is 12.5. The molecule has 3 N–H and O–H groups in total. The van der Waals surface area contributed by atoms with Crippen molar-refractivity contribution in [2.24, 2.45) is 4.99 Å². The maximum atomic E-state index is 10.2. The summed E-state index contributed by atoms with van der Waals surface area (Å²) in [6.45, 7) is 6.17. The molecule has 0 heterocycles. The van der Waals surface area contributed by atoms with Crippen LogP contribution in [0.4, 0.5) is 0 Å². The Hall–Kier alpha value is -1.02. The number of methoxy groups -OCH3 is 1. The molecular weight excluding hydrogens is 393 g/mol. The molecule has 22 heavy (non-hydrogen) atoms. The number of rotatable bonds is 8. The average molecular weight is 421 g/mol. The Morgan fingerprint density at radius 3 is 2.73 bits per heavy atom. The van der Waals surface area contributed by atoms with Gasteiger partial charge in [-0.25, -0.2) is 0 Å². The zero-order valence-corrected chi connectivity index (χ0v) is 16.0. The number of aliphatic imine (C=N–C) groups is 1. The van der Waals surface area contributed by atoms with Crippen molar-refractivity contribution in [2.75, 3.05) is 26.7 Å². The summed E-state index contributed by atoms with van der Waals surface area (Å²) in [7, 11) is 1.62. The number of aliphatic hydroxyl groups is 1. The summed E-state index contributed by atoms with van der Waals surface area (Å²) in [6.07, 6.45) is 1.60. The molecule has 0 radical (unpaired) electrons. The fourth-order valence-electron chi connectivity index (χ4n) is 1.86. The Balaban J connectivity index is 0.00000441. The second-order valence-corrected chi connectivity index (χ2v) is 4.79. The molecule has 1 atom stereocenters. The van der Waals surface area contributed by atoms with Crippen molar-refractivity contribution in [3.8, 4) is 5.75 Å². The average Bonchev–Trinajstić information content (AvgIpc) is 2.52. The lowest BCUT2D eigenvalue weighted by Crippen LogP contribution is -2.38. The highest BCUT2D eigenvalue weighted by Crippen LogP contribution is 2.19. The van der Waals surface area contributed by atoms with E-state index in [1.807, 2.05) is 31.2 Å². The summed E-state index contributed by atoms with van der Waals surface area (Å²) in [6, 6.07) is 7.43. The van der Waals surface area contributed by atoms with Crippen LogP contribution in [0.5, 0.6) is 5.75 Å². The normalized spacial score (nSPS) is 12.3. The predicted molar refractivity (Wildman–Crippen MR) is 102 cm³/mol. The Labute approximate surface area is 150 Å². The Bertz CT molecular complexity index is 441. The number of unbranched alkanes of at least 4 members (excludes halogenated alkanes) is 1. The largest absolute Gasteiger partial charge is 0.497 e. The van der Waals surface area contributed by atoms with Gasteiger partial charge in [-0.3, -0.25) is 4.99 Å². The number of aliphatic hydroxyl groups excluding tert-OH is 1. The fourth-order valence-corrected chi connectivity index (χ4v) is 1.86. The summed E-state index contributed by atoms with van der Waals surface area (Å²) in [5, 5.41) is 16.6. The summed E-state index contributed by atoms with van der Waals surface area (Å²) in [4.78, 5) is 4.42. The first-order valence-electron chi connectivity index (χ1n) is 7.55. The summed E-state index contributed by atoms with van der Waals surface area (Å²) >= 11 is 0. The molecule has 0 saturated heterocycles. The third-order valence-electron chi connectivity index (χ3n) is 3.07. The molecule has 0 saturated carbocycles. The van der Waals surface area contributed by atoms with Gasteiger partial charge in [0.05, 0.1) is 19.8 Å². The van der Waals surface area contributed by atoms with Crippen LogP contribution < -0.4 is 15.4 Å². The number of benzene rings is 1. The van der Waals surface area contributed by atoms with Gasteiger partial charge in [-0.1, -0.05) is 25.5 Å². The summed E-state index contributed by atoms with van der Waals surface area (Å²) in [5.41, 5.74) is 0.808. The highest BCUT2D eigenvalue weighted by molar-refractivity contribution is 14.0. The number of halogens is 1. The van der Waals surface area contributed by atoms with E-state index in [2.05, 4.69) is 22.5 Å². The first-order chi connectivity index (χ1) is 10.2. The van der Waals surface area contributed by atoms with Crippen molar-refractivity contribution in [1.82, 2.24) is 10.6 Å². The molecule has 0 fully saturated rings. The Morgan fingerprint density at radius 1 is 1.32 bits per heavy atom. The number of hydrogen-bond donors (Lipinski definition) is 3. The van der Waals surface area contributed by atoms with Crippen LogP contribution in [0.3, 0.4) is 0 Å². The van der Waals surface area contributed by atoms with Gasteiger partial charge < -0.3 is 20.5 Å². The molecule has 0 spiro atoms. The maximum absolute atomic E-state index is 10.2. The molecule has 0 aromatic heterocycles. The zero-order valence-electron chi connectivity index (χ0n) is 13.6. The topological polar surface area (TPSA) is 65.9 Å². The van der Waals surface area contributed by atoms with Crippen LogP contribution in [-0.4, -0.2) is 37.8 Å². The van der Waals surface area contributed by atoms with Crippen molar-refractivity contribution in [2.45, 2.75) is 32.8 Å². The number of nitrogens with one attached hydrogen (secondary N) is 2. The molecule has 1 unspecified atom stereocenters. The van der Waals surface area contributed by atoms with E-state index < -0.39 is 6.10 Å². The Morgan fingerprint density at radius 2 is 2.09 bits per heavy atom. The molecule has 6 heteroatoms. The molecule has 1 aromatic rings. The Kier molecular flexibility index (Phi) is 11.9. The van der Waals surface area contributed by atoms with Crippen LogP contribution in [0, 0.1) is 0 Å². The van der Waals surface area contributed by atoms with Crippen LogP contribution in [0.25, 0.3) is 0 Å². The molecule has 1 aromatic carbocycles. The maximum Gasteiger partial charge on any atom is 0.191 e. The van der Waals surface area contributed by atoms with Gasteiger partial charge in [-0.2, -0.15) is 0 Å². The van der Waals surface area contributed by atoms with Gasteiger partial charge in [-0.15, -0.1) is 24.0 Å². The zero-order chi connectivity index (χ0) is 15.5. The van der Waals surface area contributed by atoms with Crippen molar-refractivity contribution in [1.29, 1.82) is 0 Å². The molecule has 1 rings (SSSR count). The van der Waals surface area contributed by atoms with E-state index in [0.717, 1.165) is 43.2 Å². The standard InChI is InChI=1S/C16H27N3O2.HI/c1-4-6-10-18-16(17-5-2)19-12-15(20)13-8-7-9-14(11-13)21-3;/h7-9,11,15,20H,4-6,10,12H2,1-3H3,(H2,17,18,19);1H. The molecule has 0 amide bonds. The third kappa shape index (κ3) is 7.84. The first kappa shape index (κ1) is 21.0. The van der Waals surface area contributed by atoms with E-state index >= 15 is 0 Å². The van der Waals surface area contributed by atoms with Gasteiger partial charge in [0.25, 0.3) is 0 Å². The lowest BCUT2D eigenvalue weighted by atomic mass is 10.1. The summed E-state index contributed by atoms with van der Waals surface area (Å²) in [5.74, 6) is 1.48. The minimum Gasteiger partial charge on any atom is -0.497 e. The highest BCUT2D eigenvalue weighted by atomic mass is 127. The van der Waals surface area contributed by atoms with E-state index in [1.165, 1.54) is 0 Å². The van der Waals surface area contributed by atoms with Crippen LogP contribution in [0.1, 0.15) is 38.4 Å². The molecule has 0 aliphatic rings. The molecule has 5 nitrogen and oxygen atoms in total. The van der Waals surface area contributed by atoms with Gasteiger partial charge in [0.15, 0.2) is 5.96 Å². The number of nitrogens with zero attached hydrogens (tertiary/aromatic N) is 1. The minimum atomic E-state index is -0.637. The number of hydrogen-bond acceptors (Lipinski definition) is 3. The van der Waals surface area contributed by atoms with Crippen LogP contribution in [-0.2, 0) is 0 Å². The lowest BCUT2D eigenvalue weighted by Gasteiger charge is -2.13. The molecular formula is C16H28IN3O2. The van der Waals surface area contributed by atoms with E-state index in [1.54, 1.807) is 7.11 Å². The number of ether oxygens (including phenoxy) is 1. The van der Waals surface area contributed by atoms with Crippen LogP contribution in [0.15, 0.2) is 29.3 Å². The first-order valence-corrected chi connectivity index (χ1v) is 7.55. The van der Waals surface area contributed by atoms with E-state index in [-0.39, 0.29) is 24.0 Å². The highest BCUT2D eigenvalue weighted by Gasteiger charge is 2.08. The van der Waals surface area contributed by atoms with Crippen molar-refractivity contribution >= 4 is 29.9 Å². The summed E-state index contributed by atoms with van der Waals surface area (Å²) < 4.78 is 5.16. The molecule has 126 valence electrons. The van der Waals surface area contributed by atoms with Crippen LogP contribution in [0.2, 0.25) is 0 Å². The van der Waals surface area contributed by atoms with Gasteiger partial charge in [0, 0.05) is 13.1 Å². The molecule has 0 aliphatic heterocycles. The molecule has 0 bridgehead atoms. The fraction of sp³-hybridized carbons (Fsp3) is 0.562. The van der Waals surface area contributed by atoms with Gasteiger partial charge in [0.2, 0.25) is 0 Å². The predicted octanol–water partition coefficient (Wildman–Crippen LogP) is 2.70. The third-order valence-corrected chi connectivity index (χ3v) is 3.07. The van der Waals surface area contributed by atoms with Gasteiger partial charge in [0.1, 0.15) is 5.75 Å². The van der Waals surface area contributed by atoms with Crippen molar-refractivity contribution in [3.63, 3.8) is 0 Å². The number of guanidine groups is 1. The lowest BCUT2D eigenvalue weighted by molar-refractivity contribution is 0.186. The van der Waals surface area contributed by atoms with E-state index in [4.69, 9.17) is 4.74 Å².